The van der Waals surface area contributed by atoms with Gasteiger partial charge >= 0.3 is 11.9 Å². The average molecular weight is 351 g/mol. The number of aliphatic imine (C=N–C) groups is 1. The molecule has 6 nitrogen and oxygen atoms in total. The third-order valence-electron chi connectivity index (χ3n) is 4.20. The van der Waals surface area contributed by atoms with E-state index in [9.17, 15) is 14.7 Å². The second-order valence-corrected chi connectivity index (χ2v) is 5.61. The summed E-state index contributed by atoms with van der Waals surface area (Å²) in [6.07, 6.45) is 0. The molecular weight excluding hydrogens is 334 g/mol. The van der Waals surface area contributed by atoms with E-state index in [2.05, 4.69) is 4.99 Å². The molecule has 0 spiro atoms. The van der Waals surface area contributed by atoms with Crippen LogP contribution in [0.3, 0.4) is 0 Å². The Hall–Kier alpha value is -3.41. The lowest BCUT2D eigenvalue weighted by Gasteiger charge is -2.24. The van der Waals surface area contributed by atoms with Crippen LogP contribution in [0.15, 0.2) is 77.0 Å². The molecule has 0 saturated carbocycles. The van der Waals surface area contributed by atoms with Gasteiger partial charge in [0, 0.05) is 5.56 Å². The predicted molar refractivity (Wildman–Crippen MR) is 94.8 cm³/mol. The molecule has 0 radical (unpaired) electrons. The number of hydrogen-bond acceptors (Lipinski definition) is 6. The van der Waals surface area contributed by atoms with E-state index in [1.807, 2.05) is 6.07 Å². The molecule has 2 aromatic rings. The molecule has 1 heterocycles. The number of hydrogen-bond donors (Lipinski definition) is 1. The smallest absolute Gasteiger partial charge is 0.346 e. The van der Waals surface area contributed by atoms with E-state index in [0.29, 0.717) is 11.1 Å². The zero-order valence-corrected chi connectivity index (χ0v) is 14.3. The van der Waals surface area contributed by atoms with Crippen LogP contribution in [-0.4, -0.2) is 37.0 Å². The van der Waals surface area contributed by atoms with E-state index in [4.69, 9.17) is 9.47 Å². The molecule has 3 rings (SSSR count). The fraction of sp³-hybridized carbons (Fsp3) is 0.150. The summed E-state index contributed by atoms with van der Waals surface area (Å²) >= 11 is 0. The van der Waals surface area contributed by atoms with Gasteiger partial charge in [-0.25, -0.2) is 9.59 Å². The normalized spacial score (nSPS) is 19.1. The van der Waals surface area contributed by atoms with Crippen molar-refractivity contribution >= 4 is 17.7 Å². The Bertz CT molecular complexity index is 902. The number of aliphatic hydroxyl groups excluding tert-OH is 1. The van der Waals surface area contributed by atoms with Crippen molar-refractivity contribution in [3.05, 3.63) is 83.1 Å². The summed E-state index contributed by atoms with van der Waals surface area (Å²) in [6.45, 7) is 0. The first-order chi connectivity index (χ1) is 12.6. The molecule has 26 heavy (non-hydrogen) atoms. The number of ether oxygens (including phenoxy) is 2. The van der Waals surface area contributed by atoms with Crippen molar-refractivity contribution in [2.24, 2.45) is 4.99 Å². The van der Waals surface area contributed by atoms with Gasteiger partial charge in [0.15, 0.2) is 5.76 Å². The molecule has 2 aromatic carbocycles. The first-order valence-corrected chi connectivity index (χ1v) is 7.88. The van der Waals surface area contributed by atoms with Gasteiger partial charge < -0.3 is 14.6 Å². The van der Waals surface area contributed by atoms with Crippen molar-refractivity contribution in [2.45, 2.75) is 5.54 Å². The van der Waals surface area contributed by atoms with Gasteiger partial charge in [-0.05, 0) is 5.56 Å². The maximum atomic E-state index is 12.7. The van der Waals surface area contributed by atoms with E-state index in [1.54, 1.807) is 54.6 Å². The summed E-state index contributed by atoms with van der Waals surface area (Å²) in [5.74, 6) is -2.10. The van der Waals surface area contributed by atoms with Crippen LogP contribution in [0.4, 0.5) is 0 Å². The average Bonchev–Trinajstić information content (AvgIpc) is 3.02. The second-order valence-electron chi connectivity index (χ2n) is 5.61. The predicted octanol–water partition coefficient (Wildman–Crippen LogP) is 2.54. The van der Waals surface area contributed by atoms with E-state index >= 15 is 0 Å². The van der Waals surface area contributed by atoms with Crippen molar-refractivity contribution in [3.63, 3.8) is 0 Å². The van der Waals surface area contributed by atoms with Gasteiger partial charge in [0.1, 0.15) is 5.57 Å². The minimum Gasteiger partial charge on any atom is -0.508 e. The summed E-state index contributed by atoms with van der Waals surface area (Å²) in [7, 11) is 2.40. The third kappa shape index (κ3) is 2.56. The fourth-order valence-electron chi connectivity index (χ4n) is 2.96. The Labute approximate surface area is 150 Å². The zero-order valence-electron chi connectivity index (χ0n) is 14.3. The van der Waals surface area contributed by atoms with Crippen molar-refractivity contribution in [2.75, 3.05) is 14.2 Å². The van der Waals surface area contributed by atoms with E-state index in [-0.39, 0.29) is 11.3 Å². The number of esters is 2. The van der Waals surface area contributed by atoms with Gasteiger partial charge in [-0.15, -0.1) is 0 Å². The SMILES string of the molecule is COC(=O)C1=C(O)[C@@](C(=O)OC)(c2ccccc2)N=C1c1ccccc1. The number of aliphatic hydroxyl groups is 1. The van der Waals surface area contributed by atoms with Crippen molar-refractivity contribution in [1.82, 2.24) is 0 Å². The van der Waals surface area contributed by atoms with Crippen LogP contribution in [-0.2, 0) is 24.6 Å². The Balaban J connectivity index is 2.34. The van der Waals surface area contributed by atoms with Crippen molar-refractivity contribution in [3.8, 4) is 0 Å². The second kappa shape index (κ2) is 6.84. The van der Waals surface area contributed by atoms with Gasteiger partial charge in [0.25, 0.3) is 0 Å². The number of carbonyl (C=O) groups is 2. The number of nitrogens with zero attached hydrogens (tertiary/aromatic N) is 1. The highest BCUT2D eigenvalue weighted by Gasteiger charge is 2.53. The third-order valence-corrected chi connectivity index (χ3v) is 4.20. The number of carbonyl (C=O) groups excluding carboxylic acids is 2. The summed E-state index contributed by atoms with van der Waals surface area (Å²) in [6, 6.07) is 17.3. The van der Waals surface area contributed by atoms with Crippen LogP contribution in [0.2, 0.25) is 0 Å². The molecule has 0 aliphatic carbocycles. The molecular formula is C20H17NO5. The fourth-order valence-corrected chi connectivity index (χ4v) is 2.96. The molecule has 0 aromatic heterocycles. The van der Waals surface area contributed by atoms with E-state index < -0.39 is 23.2 Å². The molecule has 0 saturated heterocycles. The lowest BCUT2D eigenvalue weighted by atomic mass is 9.88. The Morgan fingerprint density at radius 1 is 0.923 bits per heavy atom. The van der Waals surface area contributed by atoms with Crippen LogP contribution < -0.4 is 0 Å². The molecule has 0 bridgehead atoms. The van der Waals surface area contributed by atoms with E-state index in [0.717, 1.165) is 0 Å². The Morgan fingerprint density at radius 2 is 1.50 bits per heavy atom. The van der Waals surface area contributed by atoms with Crippen LogP contribution in [0, 0.1) is 0 Å². The highest BCUT2D eigenvalue weighted by Crippen LogP contribution is 2.42. The minimum absolute atomic E-state index is 0.159. The lowest BCUT2D eigenvalue weighted by molar-refractivity contribution is -0.146. The standard InChI is InChI=1S/C20H17NO5/c1-25-18(23)15-16(13-9-5-3-6-10-13)21-20(17(15)22,19(24)26-2)14-11-7-4-8-12-14/h3-12,22H,1-2H3/t20-/m1/s1. The molecule has 1 atom stereocenters. The lowest BCUT2D eigenvalue weighted by Crippen LogP contribution is -2.36. The van der Waals surface area contributed by atoms with Gasteiger partial charge in [-0.3, -0.25) is 4.99 Å². The summed E-state index contributed by atoms with van der Waals surface area (Å²) in [5.41, 5.74) is -0.889. The summed E-state index contributed by atoms with van der Waals surface area (Å²) < 4.78 is 9.73. The number of rotatable bonds is 4. The highest BCUT2D eigenvalue weighted by molar-refractivity contribution is 6.29. The maximum absolute atomic E-state index is 12.7. The quantitative estimate of drug-likeness (QED) is 0.856. The summed E-state index contributed by atoms with van der Waals surface area (Å²) in [5, 5.41) is 11.0. The van der Waals surface area contributed by atoms with Gasteiger partial charge in [-0.1, -0.05) is 60.7 Å². The molecule has 1 N–H and O–H groups in total. The topological polar surface area (TPSA) is 85.2 Å². The van der Waals surface area contributed by atoms with Gasteiger partial charge in [0.2, 0.25) is 5.54 Å². The molecule has 0 unspecified atom stereocenters. The van der Waals surface area contributed by atoms with Crippen molar-refractivity contribution in [1.29, 1.82) is 0 Å². The molecule has 1 aliphatic heterocycles. The largest absolute Gasteiger partial charge is 0.508 e. The highest BCUT2D eigenvalue weighted by atomic mass is 16.5. The van der Waals surface area contributed by atoms with Crippen molar-refractivity contribution < 1.29 is 24.2 Å². The van der Waals surface area contributed by atoms with Gasteiger partial charge in [0.05, 0.1) is 19.9 Å². The first kappa shape index (κ1) is 17.4. The molecule has 1 aliphatic rings. The first-order valence-electron chi connectivity index (χ1n) is 7.88. The van der Waals surface area contributed by atoms with Crippen LogP contribution in [0.5, 0.6) is 0 Å². The van der Waals surface area contributed by atoms with Gasteiger partial charge in [-0.2, -0.15) is 0 Å². The van der Waals surface area contributed by atoms with E-state index in [1.165, 1.54) is 14.2 Å². The number of benzene rings is 2. The van der Waals surface area contributed by atoms with Crippen LogP contribution in [0.1, 0.15) is 11.1 Å². The number of methoxy groups -OCH3 is 2. The minimum atomic E-state index is -1.86. The molecule has 6 heteroatoms. The van der Waals surface area contributed by atoms with Crippen LogP contribution >= 0.6 is 0 Å². The molecule has 0 amide bonds. The molecule has 132 valence electrons. The maximum Gasteiger partial charge on any atom is 0.346 e. The van der Waals surface area contributed by atoms with Crippen LogP contribution in [0.25, 0.3) is 0 Å². The zero-order chi connectivity index (χ0) is 18.7. The summed E-state index contributed by atoms with van der Waals surface area (Å²) in [4.78, 5) is 29.5. The Morgan fingerprint density at radius 3 is 2.04 bits per heavy atom. The molecule has 0 fully saturated rings. The monoisotopic (exact) mass is 351 g/mol. The Kier molecular flexibility index (Phi) is 4.58.